The van der Waals surface area contributed by atoms with Crippen LogP contribution in [0.3, 0.4) is 0 Å². The first-order chi connectivity index (χ1) is 16.4. The maximum absolute atomic E-state index is 13.1. The zero-order valence-corrected chi connectivity index (χ0v) is 21.4. The molecule has 5 rings (SSSR count). The summed E-state index contributed by atoms with van der Waals surface area (Å²) >= 11 is 8.13. The molecule has 7 nitrogen and oxygen atoms in total. The van der Waals surface area contributed by atoms with Crippen LogP contribution < -0.4 is 10.5 Å². The van der Waals surface area contributed by atoms with Crippen LogP contribution in [0.2, 0.25) is 5.02 Å². The van der Waals surface area contributed by atoms with Gasteiger partial charge in [-0.3, -0.25) is 9.36 Å². The highest BCUT2D eigenvalue weighted by atomic mass is 35.5. The lowest BCUT2D eigenvalue weighted by atomic mass is 9.77. The maximum Gasteiger partial charge on any atom is 0.262 e. The summed E-state index contributed by atoms with van der Waals surface area (Å²) in [4.78, 5) is 32.0. The molecule has 2 fully saturated rings. The van der Waals surface area contributed by atoms with Crippen molar-refractivity contribution in [1.82, 2.24) is 24.4 Å². The summed E-state index contributed by atoms with van der Waals surface area (Å²) < 4.78 is 1.62. The van der Waals surface area contributed by atoms with Gasteiger partial charge in [0.05, 0.1) is 34.6 Å². The van der Waals surface area contributed by atoms with Gasteiger partial charge < -0.3 is 9.80 Å². The SMILES string of the molecule is CN(C)CCn1cnc2ccc(Sc3cnc(N4CCC5(CCCC5)CC4)cn3)c(Cl)c2c1=O. The summed E-state index contributed by atoms with van der Waals surface area (Å²) in [6.07, 6.45) is 13.4. The van der Waals surface area contributed by atoms with Gasteiger partial charge in [-0.2, -0.15) is 0 Å². The Morgan fingerprint density at radius 3 is 2.50 bits per heavy atom. The fraction of sp³-hybridized carbons (Fsp3) is 0.520. The minimum Gasteiger partial charge on any atom is -0.355 e. The van der Waals surface area contributed by atoms with E-state index in [0.717, 1.165) is 35.4 Å². The Labute approximate surface area is 209 Å². The van der Waals surface area contributed by atoms with Crippen molar-refractivity contribution in [2.24, 2.45) is 5.41 Å². The predicted octanol–water partition coefficient (Wildman–Crippen LogP) is 4.71. The molecule has 2 aliphatic rings. The Kier molecular flexibility index (Phi) is 6.82. The van der Waals surface area contributed by atoms with E-state index >= 15 is 0 Å². The highest BCUT2D eigenvalue weighted by molar-refractivity contribution is 7.99. The zero-order valence-electron chi connectivity index (χ0n) is 19.8. The number of piperidine rings is 1. The molecule has 2 aromatic heterocycles. The molecule has 0 unspecified atom stereocenters. The molecule has 0 N–H and O–H groups in total. The van der Waals surface area contributed by atoms with Crippen molar-refractivity contribution in [3.63, 3.8) is 0 Å². The fourth-order valence-electron chi connectivity index (χ4n) is 5.20. The van der Waals surface area contributed by atoms with Gasteiger partial charge in [0.25, 0.3) is 5.56 Å². The van der Waals surface area contributed by atoms with Crippen LogP contribution in [0.15, 0.2) is 45.6 Å². The highest BCUT2D eigenvalue weighted by Gasteiger charge is 2.37. The van der Waals surface area contributed by atoms with E-state index in [1.165, 1.54) is 50.3 Å². The molecule has 1 aliphatic heterocycles. The minimum absolute atomic E-state index is 0.120. The van der Waals surface area contributed by atoms with Gasteiger partial charge in [-0.1, -0.05) is 36.2 Å². The Bertz CT molecular complexity index is 1210. The molecule has 0 radical (unpaired) electrons. The zero-order chi connectivity index (χ0) is 23.7. The fourth-order valence-corrected chi connectivity index (χ4v) is 6.33. The van der Waals surface area contributed by atoms with E-state index in [0.29, 0.717) is 27.9 Å². The second-order valence-electron chi connectivity index (χ2n) is 9.83. The third kappa shape index (κ3) is 4.81. The van der Waals surface area contributed by atoms with Gasteiger partial charge in [0.15, 0.2) is 0 Å². The summed E-state index contributed by atoms with van der Waals surface area (Å²) in [6, 6.07) is 3.74. The lowest BCUT2D eigenvalue weighted by Gasteiger charge is -2.39. The van der Waals surface area contributed by atoms with Crippen LogP contribution in [0.5, 0.6) is 0 Å². The average Bonchev–Trinajstić information content (AvgIpc) is 3.29. The maximum atomic E-state index is 13.1. The number of benzene rings is 1. The van der Waals surface area contributed by atoms with E-state index in [1.54, 1.807) is 17.1 Å². The first-order valence-corrected chi connectivity index (χ1v) is 13.2. The van der Waals surface area contributed by atoms with Crippen molar-refractivity contribution in [2.75, 3.05) is 38.6 Å². The van der Waals surface area contributed by atoms with E-state index in [4.69, 9.17) is 16.6 Å². The molecule has 3 aromatic rings. The first kappa shape index (κ1) is 23.6. The Morgan fingerprint density at radius 2 is 1.82 bits per heavy atom. The second-order valence-corrected chi connectivity index (χ2v) is 11.3. The van der Waals surface area contributed by atoms with E-state index in [2.05, 4.69) is 14.9 Å². The van der Waals surface area contributed by atoms with Crippen molar-refractivity contribution in [3.8, 4) is 0 Å². The molecule has 1 saturated carbocycles. The topological polar surface area (TPSA) is 67.2 Å². The van der Waals surface area contributed by atoms with Gasteiger partial charge in [0.2, 0.25) is 0 Å². The normalized spacial score (nSPS) is 17.8. The number of anilines is 1. The van der Waals surface area contributed by atoms with Crippen molar-refractivity contribution < 1.29 is 0 Å². The molecule has 34 heavy (non-hydrogen) atoms. The number of hydrogen-bond acceptors (Lipinski definition) is 7. The van der Waals surface area contributed by atoms with Gasteiger partial charge in [-0.15, -0.1) is 0 Å². The number of hydrogen-bond donors (Lipinski definition) is 0. The predicted molar refractivity (Wildman–Crippen MR) is 138 cm³/mol. The van der Waals surface area contributed by atoms with Crippen LogP contribution >= 0.6 is 23.4 Å². The number of likely N-dealkylation sites (N-methyl/N-ethyl adjacent to an activating group) is 1. The molecule has 9 heteroatoms. The third-order valence-corrected chi connectivity index (χ3v) is 8.81. The highest BCUT2D eigenvalue weighted by Crippen LogP contribution is 2.46. The molecule has 1 saturated heterocycles. The average molecular weight is 499 g/mol. The van der Waals surface area contributed by atoms with E-state index in [9.17, 15) is 4.79 Å². The molecule has 180 valence electrons. The number of rotatable bonds is 6. The van der Waals surface area contributed by atoms with Crippen LogP contribution in [0, 0.1) is 5.41 Å². The van der Waals surface area contributed by atoms with Crippen LogP contribution in [0.4, 0.5) is 5.82 Å². The van der Waals surface area contributed by atoms with E-state index in [-0.39, 0.29) is 5.56 Å². The number of fused-ring (bicyclic) bond motifs is 1. The molecular formula is C25H31ClN6OS. The van der Waals surface area contributed by atoms with Crippen LogP contribution in [-0.4, -0.2) is 58.1 Å². The summed E-state index contributed by atoms with van der Waals surface area (Å²) in [7, 11) is 3.95. The Morgan fingerprint density at radius 1 is 1.06 bits per heavy atom. The first-order valence-electron chi connectivity index (χ1n) is 12.0. The van der Waals surface area contributed by atoms with Crippen molar-refractivity contribution in [1.29, 1.82) is 0 Å². The molecule has 0 atom stereocenters. The van der Waals surface area contributed by atoms with Gasteiger partial charge in [0.1, 0.15) is 10.8 Å². The lowest BCUT2D eigenvalue weighted by Crippen LogP contribution is -2.39. The van der Waals surface area contributed by atoms with Gasteiger partial charge >= 0.3 is 0 Å². The van der Waals surface area contributed by atoms with Crippen molar-refractivity contribution in [3.05, 3.63) is 46.2 Å². The van der Waals surface area contributed by atoms with Crippen molar-refractivity contribution in [2.45, 2.75) is 55.0 Å². The van der Waals surface area contributed by atoms with Crippen molar-refractivity contribution >= 4 is 40.1 Å². The quantitative estimate of drug-likeness (QED) is 0.487. The lowest BCUT2D eigenvalue weighted by molar-refractivity contribution is 0.226. The molecule has 1 aliphatic carbocycles. The molecule has 0 amide bonds. The number of aromatic nitrogens is 4. The largest absolute Gasteiger partial charge is 0.355 e. The molecule has 0 bridgehead atoms. The molecular weight excluding hydrogens is 468 g/mol. The third-order valence-electron chi connectivity index (χ3n) is 7.32. The molecule has 1 spiro atoms. The van der Waals surface area contributed by atoms with Crippen LogP contribution in [0.25, 0.3) is 10.9 Å². The standard InChI is InChI=1S/C25H31ClN6OS/c1-30(2)13-14-32-17-29-18-5-6-19(23(26)22(18)24(32)33)34-21-16-27-20(15-28-21)31-11-9-25(10-12-31)7-3-4-8-25/h5-6,15-17H,3-4,7-14H2,1-2H3. The second kappa shape index (κ2) is 9.84. The monoisotopic (exact) mass is 498 g/mol. The summed E-state index contributed by atoms with van der Waals surface area (Å²) in [5.74, 6) is 0.940. The summed E-state index contributed by atoms with van der Waals surface area (Å²) in [5, 5.41) is 1.63. The number of halogens is 1. The van der Waals surface area contributed by atoms with Crippen LogP contribution in [-0.2, 0) is 6.54 Å². The van der Waals surface area contributed by atoms with E-state index < -0.39 is 0 Å². The summed E-state index contributed by atoms with van der Waals surface area (Å²) in [5.41, 5.74) is 1.07. The summed E-state index contributed by atoms with van der Waals surface area (Å²) in [6.45, 7) is 3.43. The van der Waals surface area contributed by atoms with Gasteiger partial charge in [0, 0.05) is 31.1 Å². The van der Waals surface area contributed by atoms with Crippen LogP contribution in [0.1, 0.15) is 38.5 Å². The Hall–Kier alpha value is -2.16. The molecule has 3 heterocycles. The Balaban J connectivity index is 1.31. The van der Waals surface area contributed by atoms with Gasteiger partial charge in [-0.05, 0) is 57.3 Å². The minimum atomic E-state index is -0.120. The molecule has 1 aromatic carbocycles. The number of nitrogens with zero attached hydrogens (tertiary/aromatic N) is 6. The smallest absolute Gasteiger partial charge is 0.262 e. The van der Waals surface area contributed by atoms with E-state index in [1.807, 2.05) is 37.3 Å². The van der Waals surface area contributed by atoms with Gasteiger partial charge in [-0.25, -0.2) is 15.0 Å².